The van der Waals surface area contributed by atoms with E-state index in [0.29, 0.717) is 11.4 Å². The molecule has 2 heterocycles. The Morgan fingerprint density at radius 3 is 2.09 bits per heavy atom. The normalized spacial score (nSPS) is 16.7. The molecular formula is C23H22F2N4O3S. The number of hydrogen-bond donors (Lipinski definition) is 0. The van der Waals surface area contributed by atoms with Crippen molar-refractivity contribution in [2.45, 2.75) is 24.2 Å². The highest BCUT2D eigenvalue weighted by molar-refractivity contribution is 7.89. The summed E-state index contributed by atoms with van der Waals surface area (Å²) < 4.78 is 55.2. The van der Waals surface area contributed by atoms with Gasteiger partial charge in [0.2, 0.25) is 10.0 Å². The maximum absolute atomic E-state index is 13.3. The first-order valence-electron chi connectivity index (χ1n) is 10.8. The SMILES string of the molecule is O=C(c1nn(-c2ccc(F)cc2)c2c1CCC2)N1CCN(S(=O)(=O)c2ccc(F)cc2)CC1. The molecule has 1 amide bonds. The zero-order valence-corrected chi connectivity index (χ0v) is 18.6. The smallest absolute Gasteiger partial charge is 0.274 e. The molecule has 1 aliphatic heterocycles. The highest BCUT2D eigenvalue weighted by Gasteiger charge is 2.34. The van der Waals surface area contributed by atoms with Gasteiger partial charge in [0.1, 0.15) is 11.6 Å². The van der Waals surface area contributed by atoms with E-state index in [9.17, 15) is 22.0 Å². The number of aromatic nitrogens is 2. The summed E-state index contributed by atoms with van der Waals surface area (Å²) in [6.45, 7) is 0.757. The van der Waals surface area contributed by atoms with E-state index in [0.717, 1.165) is 42.7 Å². The number of carbonyl (C=O) groups is 1. The van der Waals surface area contributed by atoms with Gasteiger partial charge in [0.05, 0.1) is 10.6 Å². The molecule has 0 saturated carbocycles. The molecule has 172 valence electrons. The number of benzene rings is 2. The van der Waals surface area contributed by atoms with Crippen LogP contribution in [0.15, 0.2) is 53.4 Å². The molecule has 0 spiro atoms. The Morgan fingerprint density at radius 1 is 0.848 bits per heavy atom. The number of fused-ring (bicyclic) bond motifs is 1. The Kier molecular flexibility index (Phi) is 5.49. The first kappa shape index (κ1) is 21.7. The third-order valence-electron chi connectivity index (χ3n) is 6.18. The second-order valence-corrected chi connectivity index (χ2v) is 10.1. The predicted molar refractivity (Wildman–Crippen MR) is 117 cm³/mol. The van der Waals surface area contributed by atoms with Crippen molar-refractivity contribution in [1.82, 2.24) is 19.0 Å². The fraction of sp³-hybridized carbons (Fsp3) is 0.304. The zero-order valence-electron chi connectivity index (χ0n) is 17.7. The number of piperazine rings is 1. The summed E-state index contributed by atoms with van der Waals surface area (Å²) in [4.78, 5) is 14.9. The minimum absolute atomic E-state index is 0.0273. The number of carbonyl (C=O) groups excluding carboxylic acids is 1. The summed E-state index contributed by atoms with van der Waals surface area (Å²) in [5.41, 5.74) is 2.94. The Hall–Kier alpha value is -3.11. The highest BCUT2D eigenvalue weighted by atomic mass is 32.2. The van der Waals surface area contributed by atoms with Crippen molar-refractivity contribution >= 4 is 15.9 Å². The maximum Gasteiger partial charge on any atom is 0.274 e. The number of rotatable bonds is 4. The number of nitrogens with zero attached hydrogens (tertiary/aromatic N) is 4. The van der Waals surface area contributed by atoms with E-state index in [4.69, 9.17) is 0 Å². The van der Waals surface area contributed by atoms with Gasteiger partial charge in [0.15, 0.2) is 5.69 Å². The Balaban J connectivity index is 1.34. The second kappa shape index (κ2) is 8.35. The molecule has 1 saturated heterocycles. The second-order valence-electron chi connectivity index (χ2n) is 8.17. The third kappa shape index (κ3) is 3.93. The van der Waals surface area contributed by atoms with E-state index in [-0.39, 0.29) is 42.8 Å². The standard InChI is InChI=1S/C23H22F2N4O3S/c24-16-4-8-18(9-5-16)29-21-3-1-2-20(21)22(26-29)23(30)27-12-14-28(15-13-27)33(31,32)19-10-6-17(25)7-11-19/h4-11H,1-3,12-15H2. The first-order valence-corrected chi connectivity index (χ1v) is 12.2. The summed E-state index contributed by atoms with van der Waals surface area (Å²) in [7, 11) is -3.76. The van der Waals surface area contributed by atoms with Crippen LogP contribution in [0.4, 0.5) is 8.78 Å². The van der Waals surface area contributed by atoms with Crippen LogP contribution in [0.1, 0.15) is 28.2 Å². The van der Waals surface area contributed by atoms with Crippen LogP contribution in [0.2, 0.25) is 0 Å². The molecule has 3 aromatic rings. The fourth-order valence-electron chi connectivity index (χ4n) is 4.44. The Labute approximate surface area is 190 Å². The number of hydrogen-bond acceptors (Lipinski definition) is 4. The fourth-order valence-corrected chi connectivity index (χ4v) is 5.86. The molecule has 1 aromatic heterocycles. The van der Waals surface area contributed by atoms with Crippen molar-refractivity contribution in [2.75, 3.05) is 26.2 Å². The molecule has 0 bridgehead atoms. The number of amides is 1. The van der Waals surface area contributed by atoms with E-state index in [1.54, 1.807) is 21.7 Å². The van der Waals surface area contributed by atoms with Gasteiger partial charge >= 0.3 is 0 Å². The van der Waals surface area contributed by atoms with Crippen LogP contribution in [-0.2, 0) is 22.9 Å². The van der Waals surface area contributed by atoms with Crippen LogP contribution in [0.25, 0.3) is 5.69 Å². The van der Waals surface area contributed by atoms with E-state index < -0.39 is 15.8 Å². The topological polar surface area (TPSA) is 75.5 Å². The lowest BCUT2D eigenvalue weighted by molar-refractivity contribution is 0.0690. The largest absolute Gasteiger partial charge is 0.335 e. The Morgan fingerprint density at radius 2 is 1.45 bits per heavy atom. The average molecular weight is 473 g/mol. The lowest BCUT2D eigenvalue weighted by atomic mass is 10.1. The van der Waals surface area contributed by atoms with Gasteiger partial charge in [-0.15, -0.1) is 0 Å². The lowest BCUT2D eigenvalue weighted by Gasteiger charge is -2.33. The molecule has 0 N–H and O–H groups in total. The maximum atomic E-state index is 13.3. The minimum atomic E-state index is -3.76. The molecule has 0 radical (unpaired) electrons. The van der Waals surface area contributed by atoms with E-state index >= 15 is 0 Å². The predicted octanol–water partition coefficient (Wildman–Crippen LogP) is 2.79. The van der Waals surface area contributed by atoms with Crippen molar-refractivity contribution in [3.8, 4) is 5.69 Å². The first-order chi connectivity index (χ1) is 15.8. The van der Waals surface area contributed by atoms with Crippen molar-refractivity contribution in [3.63, 3.8) is 0 Å². The lowest BCUT2D eigenvalue weighted by Crippen LogP contribution is -2.50. The minimum Gasteiger partial charge on any atom is -0.335 e. The van der Waals surface area contributed by atoms with Crippen molar-refractivity contribution in [3.05, 3.63) is 77.1 Å². The van der Waals surface area contributed by atoms with Gasteiger partial charge in [-0.2, -0.15) is 9.40 Å². The zero-order chi connectivity index (χ0) is 23.2. The van der Waals surface area contributed by atoms with E-state index in [2.05, 4.69) is 5.10 Å². The number of sulfonamides is 1. The van der Waals surface area contributed by atoms with Gasteiger partial charge in [0, 0.05) is 37.4 Å². The molecule has 1 aliphatic carbocycles. The van der Waals surface area contributed by atoms with Crippen LogP contribution < -0.4 is 0 Å². The van der Waals surface area contributed by atoms with Crippen LogP contribution >= 0.6 is 0 Å². The van der Waals surface area contributed by atoms with Crippen LogP contribution in [-0.4, -0.2) is 59.5 Å². The van der Waals surface area contributed by atoms with Crippen molar-refractivity contribution < 1.29 is 22.0 Å². The molecule has 1 fully saturated rings. The van der Waals surface area contributed by atoms with Gasteiger partial charge in [-0.3, -0.25) is 4.79 Å². The summed E-state index contributed by atoms with van der Waals surface area (Å²) >= 11 is 0. The molecule has 5 rings (SSSR count). The Bertz CT molecular complexity index is 1300. The molecule has 7 nitrogen and oxygen atoms in total. The van der Waals surface area contributed by atoms with E-state index in [1.807, 2.05) is 0 Å². The van der Waals surface area contributed by atoms with Gasteiger partial charge in [-0.1, -0.05) is 0 Å². The monoisotopic (exact) mass is 472 g/mol. The van der Waals surface area contributed by atoms with Crippen molar-refractivity contribution in [1.29, 1.82) is 0 Å². The molecule has 33 heavy (non-hydrogen) atoms. The number of halogens is 2. The summed E-state index contributed by atoms with van der Waals surface area (Å²) in [5.74, 6) is -1.07. The summed E-state index contributed by atoms with van der Waals surface area (Å²) in [6, 6.07) is 10.7. The van der Waals surface area contributed by atoms with E-state index in [1.165, 1.54) is 28.6 Å². The van der Waals surface area contributed by atoms with Crippen LogP contribution in [0.5, 0.6) is 0 Å². The van der Waals surface area contributed by atoms with Gasteiger partial charge in [-0.05, 0) is 67.8 Å². The molecule has 0 unspecified atom stereocenters. The van der Waals surface area contributed by atoms with Crippen LogP contribution in [0.3, 0.4) is 0 Å². The highest BCUT2D eigenvalue weighted by Crippen LogP contribution is 2.29. The molecular weight excluding hydrogens is 450 g/mol. The van der Waals surface area contributed by atoms with Crippen molar-refractivity contribution in [2.24, 2.45) is 0 Å². The summed E-state index contributed by atoms with van der Waals surface area (Å²) in [6.07, 6.45) is 2.45. The van der Waals surface area contributed by atoms with Gasteiger partial charge in [0.25, 0.3) is 5.91 Å². The molecule has 2 aliphatic rings. The van der Waals surface area contributed by atoms with Crippen LogP contribution in [0, 0.1) is 11.6 Å². The molecule has 0 atom stereocenters. The molecule has 10 heteroatoms. The third-order valence-corrected chi connectivity index (χ3v) is 8.09. The summed E-state index contributed by atoms with van der Waals surface area (Å²) in [5, 5.41) is 4.57. The molecule has 2 aromatic carbocycles. The quantitative estimate of drug-likeness (QED) is 0.585. The average Bonchev–Trinajstić information content (AvgIpc) is 3.43. The van der Waals surface area contributed by atoms with Gasteiger partial charge < -0.3 is 4.90 Å². The van der Waals surface area contributed by atoms with Gasteiger partial charge in [-0.25, -0.2) is 21.9 Å².